The van der Waals surface area contributed by atoms with E-state index in [1.54, 1.807) is 42.5 Å². The van der Waals surface area contributed by atoms with Crippen LogP contribution in [0.25, 0.3) is 17.4 Å². The summed E-state index contributed by atoms with van der Waals surface area (Å²) in [6, 6.07) is 19.7. The van der Waals surface area contributed by atoms with Crippen LogP contribution in [0.2, 0.25) is 0 Å². The van der Waals surface area contributed by atoms with Crippen LogP contribution in [0.5, 0.6) is 0 Å². The van der Waals surface area contributed by atoms with Crippen molar-refractivity contribution >= 4 is 23.6 Å². The predicted molar refractivity (Wildman–Crippen MR) is 104 cm³/mol. The molecule has 0 aliphatic carbocycles. The lowest BCUT2D eigenvalue weighted by Gasteiger charge is -2.05. The van der Waals surface area contributed by atoms with Gasteiger partial charge in [0, 0.05) is 17.3 Å². The number of nitriles is 2. The summed E-state index contributed by atoms with van der Waals surface area (Å²) in [4.78, 5) is 23.4. The predicted octanol–water partition coefficient (Wildman–Crippen LogP) is 4.06. The van der Waals surface area contributed by atoms with Crippen LogP contribution < -0.4 is 5.32 Å². The van der Waals surface area contributed by atoms with E-state index < -0.39 is 11.9 Å². The first kappa shape index (κ1) is 19.2. The van der Waals surface area contributed by atoms with E-state index in [1.165, 1.54) is 30.3 Å². The van der Waals surface area contributed by atoms with Crippen LogP contribution >= 0.6 is 0 Å². The molecule has 3 aromatic rings. The molecule has 0 spiro atoms. The molecule has 29 heavy (non-hydrogen) atoms. The Kier molecular flexibility index (Phi) is 5.53. The minimum Gasteiger partial charge on any atom is -0.478 e. The molecular weight excluding hydrogens is 370 g/mol. The van der Waals surface area contributed by atoms with Crippen molar-refractivity contribution in [3.05, 3.63) is 83.1 Å². The summed E-state index contributed by atoms with van der Waals surface area (Å²) < 4.78 is 5.66. The summed E-state index contributed by atoms with van der Waals surface area (Å²) in [7, 11) is 0. The number of anilines is 1. The van der Waals surface area contributed by atoms with Crippen molar-refractivity contribution in [2.45, 2.75) is 0 Å². The van der Waals surface area contributed by atoms with E-state index in [4.69, 9.17) is 9.52 Å². The highest BCUT2D eigenvalue weighted by Gasteiger charge is 2.13. The Balaban J connectivity index is 1.84. The molecule has 0 aliphatic heterocycles. The third-order valence-corrected chi connectivity index (χ3v) is 3.96. The molecule has 0 atom stereocenters. The maximum Gasteiger partial charge on any atom is 0.335 e. The van der Waals surface area contributed by atoms with Crippen molar-refractivity contribution < 1.29 is 19.1 Å². The third-order valence-electron chi connectivity index (χ3n) is 3.96. The van der Waals surface area contributed by atoms with Crippen molar-refractivity contribution in [1.82, 2.24) is 0 Å². The molecule has 0 saturated heterocycles. The Hall–Kier alpha value is -4.62. The number of hydrogen-bond acceptors (Lipinski definition) is 5. The van der Waals surface area contributed by atoms with Gasteiger partial charge in [-0.15, -0.1) is 0 Å². The van der Waals surface area contributed by atoms with Gasteiger partial charge in [0.1, 0.15) is 23.2 Å². The van der Waals surface area contributed by atoms with Crippen LogP contribution in [0, 0.1) is 22.7 Å². The van der Waals surface area contributed by atoms with E-state index in [-0.39, 0.29) is 22.6 Å². The lowest BCUT2D eigenvalue weighted by molar-refractivity contribution is -0.112. The van der Waals surface area contributed by atoms with Crippen molar-refractivity contribution in [2.24, 2.45) is 0 Å². The van der Waals surface area contributed by atoms with Gasteiger partial charge in [-0.1, -0.05) is 18.2 Å². The van der Waals surface area contributed by atoms with Gasteiger partial charge in [0.25, 0.3) is 5.91 Å². The van der Waals surface area contributed by atoms with Gasteiger partial charge in [-0.3, -0.25) is 4.79 Å². The number of hydrogen-bond donors (Lipinski definition) is 2. The zero-order chi connectivity index (χ0) is 20.8. The van der Waals surface area contributed by atoms with E-state index in [0.717, 1.165) is 0 Å². The highest BCUT2D eigenvalue weighted by molar-refractivity contribution is 6.09. The maximum atomic E-state index is 12.4. The summed E-state index contributed by atoms with van der Waals surface area (Å²) >= 11 is 0. The van der Waals surface area contributed by atoms with E-state index >= 15 is 0 Å². The Morgan fingerprint density at radius 3 is 2.55 bits per heavy atom. The average Bonchev–Trinajstić information content (AvgIpc) is 3.20. The summed E-state index contributed by atoms with van der Waals surface area (Å²) in [6.07, 6.45) is 1.27. The molecule has 0 bridgehead atoms. The molecule has 0 aliphatic rings. The number of nitrogens with zero attached hydrogens (tertiary/aromatic N) is 2. The monoisotopic (exact) mass is 383 g/mol. The number of nitrogens with one attached hydrogen (secondary N) is 1. The van der Waals surface area contributed by atoms with Gasteiger partial charge in [0.05, 0.1) is 17.2 Å². The van der Waals surface area contributed by atoms with Crippen molar-refractivity contribution in [1.29, 1.82) is 10.5 Å². The van der Waals surface area contributed by atoms with Crippen LogP contribution in [-0.4, -0.2) is 17.0 Å². The van der Waals surface area contributed by atoms with Crippen LogP contribution in [0.4, 0.5) is 5.69 Å². The molecule has 0 unspecified atom stereocenters. The molecule has 7 heteroatoms. The summed E-state index contributed by atoms with van der Waals surface area (Å²) in [5.41, 5.74) is 1.08. The first-order valence-corrected chi connectivity index (χ1v) is 8.37. The van der Waals surface area contributed by atoms with Gasteiger partial charge in [-0.2, -0.15) is 10.5 Å². The second kappa shape index (κ2) is 8.38. The molecule has 2 aromatic carbocycles. The van der Waals surface area contributed by atoms with E-state index in [2.05, 4.69) is 11.4 Å². The number of aromatic carboxylic acids is 1. The molecule has 0 saturated carbocycles. The normalized spacial score (nSPS) is 10.6. The number of furan rings is 1. The van der Waals surface area contributed by atoms with E-state index in [9.17, 15) is 20.1 Å². The Bertz CT molecular complexity index is 1210. The number of carbonyl (C=O) groups excluding carboxylic acids is 1. The fourth-order valence-corrected chi connectivity index (χ4v) is 2.59. The van der Waals surface area contributed by atoms with Crippen LogP contribution in [0.15, 0.2) is 70.7 Å². The first-order chi connectivity index (χ1) is 14.0. The fraction of sp³-hybridized carbons (Fsp3) is 0. The van der Waals surface area contributed by atoms with Crippen LogP contribution in [-0.2, 0) is 4.79 Å². The molecule has 7 nitrogen and oxygen atoms in total. The molecule has 2 N–H and O–H groups in total. The molecule has 140 valence electrons. The number of carbonyl (C=O) groups is 2. The number of carboxylic acids is 1. The van der Waals surface area contributed by atoms with Gasteiger partial charge < -0.3 is 14.8 Å². The fourth-order valence-electron chi connectivity index (χ4n) is 2.59. The molecule has 1 amide bonds. The molecule has 1 aromatic heterocycles. The number of benzene rings is 2. The van der Waals surface area contributed by atoms with Gasteiger partial charge in [0.15, 0.2) is 0 Å². The van der Waals surface area contributed by atoms with Crippen molar-refractivity contribution in [2.75, 3.05) is 5.32 Å². The van der Waals surface area contributed by atoms with Crippen LogP contribution in [0.3, 0.4) is 0 Å². The minimum atomic E-state index is -1.13. The molecule has 1 heterocycles. The van der Waals surface area contributed by atoms with E-state index in [1.807, 2.05) is 0 Å². The quantitative estimate of drug-likeness (QED) is 0.505. The zero-order valence-electron chi connectivity index (χ0n) is 14.9. The summed E-state index contributed by atoms with van der Waals surface area (Å²) in [5.74, 6) is -1.14. The highest BCUT2D eigenvalue weighted by Crippen LogP contribution is 2.26. The molecule has 0 radical (unpaired) electrons. The molecule has 0 fully saturated rings. The van der Waals surface area contributed by atoms with Crippen LogP contribution in [0.1, 0.15) is 21.7 Å². The van der Waals surface area contributed by atoms with Gasteiger partial charge in [0.2, 0.25) is 0 Å². The largest absolute Gasteiger partial charge is 0.478 e. The standard InChI is InChI=1S/C22H13N3O4/c23-12-15-4-1-2-7-19(15)20-9-8-18(29-20)11-16(13-24)21(26)25-17-6-3-5-14(10-17)22(27)28/h1-11H,(H,25,26)(H,27,28)/b16-11-. The summed E-state index contributed by atoms with van der Waals surface area (Å²) in [6.45, 7) is 0. The van der Waals surface area contributed by atoms with Gasteiger partial charge in [-0.05, 0) is 42.5 Å². The zero-order valence-corrected chi connectivity index (χ0v) is 14.9. The summed E-state index contributed by atoms with van der Waals surface area (Å²) in [5, 5.41) is 30.0. The topological polar surface area (TPSA) is 127 Å². The van der Waals surface area contributed by atoms with Crippen molar-refractivity contribution in [3.8, 4) is 23.5 Å². The Labute approximate surface area is 165 Å². The molecule has 3 rings (SSSR count). The number of rotatable bonds is 5. The SMILES string of the molecule is N#C/C(=C/c1ccc(-c2ccccc2C#N)o1)C(=O)Nc1cccc(C(=O)O)c1. The maximum absolute atomic E-state index is 12.4. The number of amides is 1. The number of carboxylic acid groups (broad SMARTS) is 1. The Morgan fingerprint density at radius 2 is 1.83 bits per heavy atom. The van der Waals surface area contributed by atoms with E-state index in [0.29, 0.717) is 16.9 Å². The Morgan fingerprint density at radius 1 is 1.03 bits per heavy atom. The smallest absolute Gasteiger partial charge is 0.335 e. The average molecular weight is 383 g/mol. The first-order valence-electron chi connectivity index (χ1n) is 8.37. The molecular formula is C22H13N3O4. The highest BCUT2D eigenvalue weighted by atomic mass is 16.4. The van der Waals surface area contributed by atoms with Crippen molar-refractivity contribution in [3.63, 3.8) is 0 Å². The lowest BCUT2D eigenvalue weighted by Crippen LogP contribution is -2.13. The van der Waals surface area contributed by atoms with Gasteiger partial charge >= 0.3 is 5.97 Å². The minimum absolute atomic E-state index is 0.0112. The second-order valence-electron chi connectivity index (χ2n) is 5.87. The lowest BCUT2D eigenvalue weighted by atomic mass is 10.1. The van der Waals surface area contributed by atoms with Gasteiger partial charge in [-0.25, -0.2) is 4.79 Å². The third kappa shape index (κ3) is 4.38. The second-order valence-corrected chi connectivity index (χ2v) is 5.87.